The molecule has 0 bridgehead atoms. The van der Waals surface area contributed by atoms with Gasteiger partial charge < -0.3 is 20.3 Å². The normalized spacial score (nSPS) is 20.0. The summed E-state index contributed by atoms with van der Waals surface area (Å²) in [4.78, 5) is 28.6. The number of carbonyl (C=O) groups is 1. The molecule has 0 saturated carbocycles. The molecule has 2 atom stereocenters. The third-order valence-corrected chi connectivity index (χ3v) is 7.74. The van der Waals surface area contributed by atoms with E-state index in [-0.39, 0.29) is 6.09 Å². The van der Waals surface area contributed by atoms with Crippen molar-refractivity contribution < 1.29 is 9.53 Å². The number of ether oxygens (including phenoxy) is 1. The third-order valence-electron chi connectivity index (χ3n) is 7.74. The summed E-state index contributed by atoms with van der Waals surface area (Å²) in [7, 11) is 4.17. The van der Waals surface area contributed by atoms with Gasteiger partial charge in [-0.25, -0.2) is 4.79 Å². The molecule has 2 saturated heterocycles. The molecule has 40 heavy (non-hydrogen) atoms. The Morgan fingerprint density at radius 2 is 1.55 bits per heavy atom. The van der Waals surface area contributed by atoms with Crippen LogP contribution in [0.3, 0.4) is 0 Å². The number of carbonyl (C=O) groups excluding carboxylic acids is 1. The Bertz CT molecular complexity index is 1090. The molecule has 9 heteroatoms. The average Bonchev–Trinajstić information content (AvgIpc) is 3.54. The standard InChI is InChI=1S/C31H49N7O2/c1-31(2,3)40-30(39)35-15-7-6-14-32-24-12-16-33-25(20-24)22-37-18-8-10-28(37)29-11-9-19-38(29)23-26-21-27(36(4)5)13-17-34-26/h12-13,16-17,20-21,28-29H,6-11,14-15,18-19,22-23H2,1-5H3,(H,32,33)(H,35,39)/t28-,29-/m0/s1. The number of pyridine rings is 2. The van der Waals surface area contributed by atoms with E-state index in [2.05, 4.69) is 62.6 Å². The fraction of sp³-hybridized carbons (Fsp3) is 0.645. The molecule has 2 aromatic heterocycles. The third kappa shape index (κ3) is 9.06. The number of nitrogens with one attached hydrogen (secondary N) is 2. The highest BCUT2D eigenvalue weighted by Gasteiger charge is 2.37. The van der Waals surface area contributed by atoms with Gasteiger partial charge in [0.2, 0.25) is 0 Å². The summed E-state index contributed by atoms with van der Waals surface area (Å²) in [5.74, 6) is 0. The van der Waals surface area contributed by atoms with Crippen molar-refractivity contribution in [1.82, 2.24) is 25.1 Å². The van der Waals surface area contributed by atoms with Crippen LogP contribution in [0.5, 0.6) is 0 Å². The summed E-state index contributed by atoms with van der Waals surface area (Å²) in [6.07, 6.45) is 10.4. The van der Waals surface area contributed by atoms with Crippen LogP contribution in [-0.4, -0.2) is 83.8 Å². The summed E-state index contributed by atoms with van der Waals surface area (Å²) in [6.45, 7) is 11.2. The van der Waals surface area contributed by atoms with Crippen molar-refractivity contribution >= 4 is 17.5 Å². The molecule has 2 fully saturated rings. The number of rotatable bonds is 12. The van der Waals surface area contributed by atoms with Crippen molar-refractivity contribution in [3.63, 3.8) is 0 Å². The molecule has 4 rings (SSSR count). The fourth-order valence-electron chi connectivity index (χ4n) is 5.88. The molecule has 1 amide bonds. The van der Waals surface area contributed by atoms with Crippen LogP contribution < -0.4 is 15.5 Å². The second-order valence-electron chi connectivity index (χ2n) is 12.4. The Hall–Kier alpha value is -2.91. The quantitative estimate of drug-likeness (QED) is 0.361. The maximum absolute atomic E-state index is 11.8. The van der Waals surface area contributed by atoms with E-state index in [0.29, 0.717) is 18.6 Å². The van der Waals surface area contributed by atoms with Gasteiger partial charge in [0.25, 0.3) is 0 Å². The smallest absolute Gasteiger partial charge is 0.407 e. The maximum atomic E-state index is 11.8. The number of likely N-dealkylation sites (tertiary alicyclic amines) is 2. The van der Waals surface area contributed by atoms with E-state index in [9.17, 15) is 4.79 Å². The molecule has 4 heterocycles. The van der Waals surface area contributed by atoms with Crippen LogP contribution in [0.2, 0.25) is 0 Å². The average molecular weight is 552 g/mol. The topological polar surface area (TPSA) is 85.9 Å². The first-order valence-corrected chi connectivity index (χ1v) is 14.9. The van der Waals surface area contributed by atoms with E-state index >= 15 is 0 Å². The number of nitrogens with zero attached hydrogens (tertiary/aromatic N) is 5. The van der Waals surface area contributed by atoms with Crippen molar-refractivity contribution in [2.24, 2.45) is 0 Å². The minimum absolute atomic E-state index is 0.352. The van der Waals surface area contributed by atoms with Crippen LogP contribution in [0.15, 0.2) is 36.7 Å². The number of unbranched alkanes of at least 4 members (excludes halogenated alkanes) is 1. The summed E-state index contributed by atoms with van der Waals surface area (Å²) in [6, 6.07) is 9.67. The van der Waals surface area contributed by atoms with E-state index in [0.717, 1.165) is 62.6 Å². The van der Waals surface area contributed by atoms with Crippen molar-refractivity contribution in [1.29, 1.82) is 0 Å². The summed E-state index contributed by atoms with van der Waals surface area (Å²) < 4.78 is 5.28. The lowest BCUT2D eigenvalue weighted by atomic mass is 10.0. The van der Waals surface area contributed by atoms with Crippen LogP contribution in [0.25, 0.3) is 0 Å². The molecule has 0 spiro atoms. The van der Waals surface area contributed by atoms with Gasteiger partial charge in [-0.05, 0) is 96.7 Å². The van der Waals surface area contributed by atoms with Gasteiger partial charge in [-0.2, -0.15) is 0 Å². The van der Waals surface area contributed by atoms with Gasteiger partial charge in [0, 0.05) is 76.1 Å². The molecule has 2 aliphatic rings. The molecular weight excluding hydrogens is 502 g/mol. The maximum Gasteiger partial charge on any atom is 0.407 e. The lowest BCUT2D eigenvalue weighted by Crippen LogP contribution is -2.45. The molecule has 0 aliphatic carbocycles. The Morgan fingerprint density at radius 3 is 2.17 bits per heavy atom. The molecule has 0 radical (unpaired) electrons. The Kier molecular flexibility index (Phi) is 10.6. The molecule has 220 valence electrons. The monoisotopic (exact) mass is 551 g/mol. The summed E-state index contributed by atoms with van der Waals surface area (Å²) >= 11 is 0. The van der Waals surface area contributed by atoms with Gasteiger partial charge in [0.1, 0.15) is 5.60 Å². The molecule has 2 aromatic rings. The first kappa shape index (κ1) is 30.1. The Labute approximate surface area is 240 Å². The number of alkyl carbamates (subject to hydrolysis) is 1. The molecular formula is C31H49N7O2. The number of aromatic nitrogens is 2. The van der Waals surface area contributed by atoms with E-state index in [4.69, 9.17) is 9.72 Å². The minimum Gasteiger partial charge on any atom is -0.444 e. The molecule has 0 aromatic carbocycles. The van der Waals surface area contributed by atoms with Gasteiger partial charge in [-0.1, -0.05) is 0 Å². The second-order valence-corrected chi connectivity index (χ2v) is 12.4. The summed E-state index contributed by atoms with van der Waals surface area (Å²) in [5.41, 5.74) is 4.12. The fourth-order valence-corrected chi connectivity index (χ4v) is 5.88. The van der Waals surface area contributed by atoms with Crippen LogP contribution in [-0.2, 0) is 17.8 Å². The van der Waals surface area contributed by atoms with Gasteiger partial charge in [0.05, 0.1) is 11.4 Å². The predicted molar refractivity (Wildman–Crippen MR) is 162 cm³/mol. The summed E-state index contributed by atoms with van der Waals surface area (Å²) in [5, 5.41) is 6.35. The van der Waals surface area contributed by atoms with Gasteiger partial charge >= 0.3 is 6.09 Å². The van der Waals surface area contributed by atoms with Gasteiger partial charge in [-0.15, -0.1) is 0 Å². The number of amides is 1. The molecule has 9 nitrogen and oxygen atoms in total. The van der Waals surface area contributed by atoms with Crippen molar-refractivity contribution in [3.05, 3.63) is 48.0 Å². The van der Waals surface area contributed by atoms with Gasteiger partial charge in [0.15, 0.2) is 0 Å². The number of anilines is 2. The van der Waals surface area contributed by atoms with Crippen LogP contribution >= 0.6 is 0 Å². The van der Waals surface area contributed by atoms with Crippen molar-refractivity contribution in [2.45, 2.75) is 90.1 Å². The lowest BCUT2D eigenvalue weighted by molar-refractivity contribution is 0.0527. The molecule has 2 N–H and O–H groups in total. The second kappa shape index (κ2) is 14.1. The van der Waals surface area contributed by atoms with Crippen molar-refractivity contribution in [3.8, 4) is 0 Å². The zero-order chi connectivity index (χ0) is 28.5. The zero-order valence-electron chi connectivity index (χ0n) is 25.2. The highest BCUT2D eigenvalue weighted by molar-refractivity contribution is 5.67. The van der Waals surface area contributed by atoms with E-state index in [1.54, 1.807) is 0 Å². The van der Waals surface area contributed by atoms with E-state index in [1.165, 1.54) is 31.4 Å². The zero-order valence-corrected chi connectivity index (χ0v) is 25.2. The first-order chi connectivity index (χ1) is 19.2. The van der Waals surface area contributed by atoms with E-state index in [1.807, 2.05) is 39.2 Å². The van der Waals surface area contributed by atoms with E-state index < -0.39 is 5.60 Å². The highest BCUT2D eigenvalue weighted by Crippen LogP contribution is 2.32. The predicted octanol–water partition coefficient (Wildman–Crippen LogP) is 4.89. The van der Waals surface area contributed by atoms with Crippen LogP contribution in [0, 0.1) is 0 Å². The van der Waals surface area contributed by atoms with Gasteiger partial charge in [-0.3, -0.25) is 19.8 Å². The Balaban J connectivity index is 1.24. The first-order valence-electron chi connectivity index (χ1n) is 14.9. The van der Waals surface area contributed by atoms with Crippen molar-refractivity contribution in [2.75, 3.05) is 50.5 Å². The lowest BCUT2D eigenvalue weighted by Gasteiger charge is -2.35. The number of hydrogen-bond acceptors (Lipinski definition) is 8. The Morgan fingerprint density at radius 1 is 0.950 bits per heavy atom. The minimum atomic E-state index is -0.466. The van der Waals surface area contributed by atoms with Crippen LogP contribution in [0.1, 0.15) is 70.7 Å². The largest absolute Gasteiger partial charge is 0.444 e. The number of hydrogen-bond donors (Lipinski definition) is 2. The van der Waals surface area contributed by atoms with Crippen LogP contribution in [0.4, 0.5) is 16.2 Å². The highest BCUT2D eigenvalue weighted by atomic mass is 16.6. The molecule has 0 unspecified atom stereocenters. The SMILES string of the molecule is CN(C)c1ccnc(CN2CCC[C@H]2[C@@H]2CCCN2Cc2cc(NCCCCNC(=O)OC(C)(C)C)ccn2)c1. The molecule has 2 aliphatic heterocycles.